The molecule has 88 valence electrons. The monoisotopic (exact) mass is 237 g/mol. The van der Waals surface area contributed by atoms with E-state index in [2.05, 4.69) is 35.4 Å². The molecule has 0 bridgehead atoms. The van der Waals surface area contributed by atoms with Gasteiger partial charge in [0, 0.05) is 17.5 Å². The maximum Gasteiger partial charge on any atom is 0.0587 e. The minimum absolute atomic E-state index is 0.295. The number of aliphatic hydroxyl groups is 1. The van der Waals surface area contributed by atoms with Crippen molar-refractivity contribution in [2.75, 3.05) is 19.4 Å². The van der Waals surface area contributed by atoms with Gasteiger partial charge in [-0.1, -0.05) is 12.1 Å². The van der Waals surface area contributed by atoms with Crippen LogP contribution in [-0.4, -0.2) is 35.5 Å². The Labute approximate surface area is 102 Å². The van der Waals surface area contributed by atoms with Crippen LogP contribution in [0.2, 0.25) is 0 Å². The predicted octanol–water partition coefficient (Wildman–Crippen LogP) is 2.37. The SMILES string of the molecule is CSc1ccc(CN2CCCC2CO)cc1. The van der Waals surface area contributed by atoms with Gasteiger partial charge in [-0.2, -0.15) is 0 Å². The number of nitrogens with zero attached hydrogens (tertiary/aromatic N) is 1. The van der Waals surface area contributed by atoms with Crippen molar-refractivity contribution in [3.63, 3.8) is 0 Å². The first kappa shape index (κ1) is 12.0. The van der Waals surface area contributed by atoms with E-state index in [1.807, 2.05) is 0 Å². The van der Waals surface area contributed by atoms with Crippen molar-refractivity contribution in [1.82, 2.24) is 4.90 Å². The third-order valence-electron chi connectivity index (χ3n) is 3.25. The number of benzene rings is 1. The molecule has 1 heterocycles. The van der Waals surface area contributed by atoms with Crippen LogP contribution in [0.3, 0.4) is 0 Å². The molecule has 0 aromatic heterocycles. The molecular formula is C13H19NOS. The summed E-state index contributed by atoms with van der Waals surface area (Å²) in [4.78, 5) is 3.69. The zero-order chi connectivity index (χ0) is 11.4. The van der Waals surface area contributed by atoms with E-state index in [1.54, 1.807) is 11.8 Å². The van der Waals surface area contributed by atoms with Crippen molar-refractivity contribution in [3.05, 3.63) is 29.8 Å². The van der Waals surface area contributed by atoms with Crippen molar-refractivity contribution in [3.8, 4) is 0 Å². The van der Waals surface area contributed by atoms with Crippen LogP contribution in [0.25, 0.3) is 0 Å². The molecule has 0 saturated carbocycles. The first-order valence-electron chi connectivity index (χ1n) is 5.81. The zero-order valence-electron chi connectivity index (χ0n) is 9.72. The Bertz CT molecular complexity index is 325. The van der Waals surface area contributed by atoms with Crippen molar-refractivity contribution in [2.24, 2.45) is 0 Å². The summed E-state index contributed by atoms with van der Waals surface area (Å²) in [7, 11) is 0. The van der Waals surface area contributed by atoms with E-state index >= 15 is 0 Å². The zero-order valence-corrected chi connectivity index (χ0v) is 10.5. The van der Waals surface area contributed by atoms with Crippen LogP contribution in [0.5, 0.6) is 0 Å². The molecule has 0 aliphatic carbocycles. The molecule has 1 fully saturated rings. The van der Waals surface area contributed by atoms with E-state index in [9.17, 15) is 5.11 Å². The van der Waals surface area contributed by atoms with Crippen molar-refractivity contribution < 1.29 is 5.11 Å². The first-order chi connectivity index (χ1) is 7.83. The van der Waals surface area contributed by atoms with E-state index in [-0.39, 0.29) is 0 Å². The van der Waals surface area contributed by atoms with E-state index in [0.29, 0.717) is 12.6 Å². The molecule has 2 nitrogen and oxygen atoms in total. The minimum atomic E-state index is 0.295. The second kappa shape index (κ2) is 5.71. The molecule has 0 amide bonds. The summed E-state index contributed by atoms with van der Waals surface area (Å²) in [6.45, 7) is 2.39. The normalized spacial score (nSPS) is 21.5. The Kier molecular flexibility index (Phi) is 4.27. The smallest absolute Gasteiger partial charge is 0.0587 e. The summed E-state index contributed by atoms with van der Waals surface area (Å²) < 4.78 is 0. The number of thioether (sulfide) groups is 1. The van der Waals surface area contributed by atoms with Crippen LogP contribution < -0.4 is 0 Å². The van der Waals surface area contributed by atoms with Gasteiger partial charge < -0.3 is 5.11 Å². The maximum absolute atomic E-state index is 9.25. The summed E-state index contributed by atoms with van der Waals surface area (Å²) in [5.41, 5.74) is 1.35. The molecule has 1 atom stereocenters. The van der Waals surface area contributed by atoms with Gasteiger partial charge in [-0.15, -0.1) is 11.8 Å². The molecule has 1 aromatic rings. The standard InChI is InChI=1S/C13H19NOS/c1-16-13-6-4-11(5-7-13)9-14-8-2-3-12(14)10-15/h4-7,12,15H,2-3,8-10H2,1H3. The Morgan fingerprint density at radius 2 is 2.12 bits per heavy atom. The minimum Gasteiger partial charge on any atom is -0.395 e. The van der Waals surface area contributed by atoms with E-state index < -0.39 is 0 Å². The molecule has 2 rings (SSSR count). The molecule has 3 heteroatoms. The summed E-state index contributed by atoms with van der Waals surface area (Å²) in [6, 6.07) is 9.10. The van der Waals surface area contributed by atoms with E-state index in [4.69, 9.17) is 0 Å². The van der Waals surface area contributed by atoms with Crippen molar-refractivity contribution in [2.45, 2.75) is 30.3 Å². The quantitative estimate of drug-likeness (QED) is 0.813. The molecule has 1 aliphatic rings. The Morgan fingerprint density at radius 3 is 2.75 bits per heavy atom. The van der Waals surface area contributed by atoms with Gasteiger partial charge in [-0.3, -0.25) is 4.90 Å². The van der Waals surface area contributed by atoms with Crippen LogP contribution >= 0.6 is 11.8 Å². The number of aliphatic hydroxyl groups excluding tert-OH is 1. The second-order valence-corrected chi connectivity index (χ2v) is 5.18. The number of rotatable bonds is 4. The number of hydrogen-bond acceptors (Lipinski definition) is 3. The molecular weight excluding hydrogens is 218 g/mol. The predicted molar refractivity (Wildman–Crippen MR) is 68.7 cm³/mol. The highest BCUT2D eigenvalue weighted by molar-refractivity contribution is 7.98. The number of hydrogen-bond donors (Lipinski definition) is 1. The third-order valence-corrected chi connectivity index (χ3v) is 4.00. The first-order valence-corrected chi connectivity index (χ1v) is 7.04. The van der Waals surface area contributed by atoms with E-state index in [0.717, 1.165) is 19.5 Å². The highest BCUT2D eigenvalue weighted by atomic mass is 32.2. The fraction of sp³-hybridized carbons (Fsp3) is 0.538. The summed E-state index contributed by atoms with van der Waals surface area (Å²) in [5.74, 6) is 0. The Balaban J connectivity index is 1.97. The molecule has 0 radical (unpaired) electrons. The molecule has 0 spiro atoms. The molecule has 1 unspecified atom stereocenters. The maximum atomic E-state index is 9.25. The highest BCUT2D eigenvalue weighted by Gasteiger charge is 2.23. The van der Waals surface area contributed by atoms with Crippen LogP contribution in [0.1, 0.15) is 18.4 Å². The fourth-order valence-corrected chi connectivity index (χ4v) is 2.68. The molecule has 1 saturated heterocycles. The second-order valence-electron chi connectivity index (χ2n) is 4.30. The lowest BCUT2D eigenvalue weighted by Crippen LogP contribution is -2.31. The molecule has 1 N–H and O–H groups in total. The topological polar surface area (TPSA) is 23.5 Å². The molecule has 1 aromatic carbocycles. The van der Waals surface area contributed by atoms with Gasteiger partial charge in [-0.05, 0) is 43.3 Å². The Morgan fingerprint density at radius 1 is 1.38 bits per heavy atom. The average molecular weight is 237 g/mol. The van der Waals surface area contributed by atoms with Gasteiger partial charge in [-0.25, -0.2) is 0 Å². The van der Waals surface area contributed by atoms with Crippen LogP contribution in [0, 0.1) is 0 Å². The fourth-order valence-electron chi connectivity index (χ4n) is 2.28. The van der Waals surface area contributed by atoms with Crippen LogP contribution in [-0.2, 0) is 6.54 Å². The lowest BCUT2D eigenvalue weighted by Gasteiger charge is -2.22. The lowest BCUT2D eigenvalue weighted by atomic mass is 10.2. The summed E-state index contributed by atoms with van der Waals surface area (Å²) in [5, 5.41) is 9.25. The number of likely N-dealkylation sites (tertiary alicyclic amines) is 1. The average Bonchev–Trinajstić information content (AvgIpc) is 2.77. The van der Waals surface area contributed by atoms with Gasteiger partial charge in [0.25, 0.3) is 0 Å². The van der Waals surface area contributed by atoms with E-state index in [1.165, 1.54) is 16.9 Å². The lowest BCUT2D eigenvalue weighted by molar-refractivity contribution is 0.153. The van der Waals surface area contributed by atoms with Crippen molar-refractivity contribution in [1.29, 1.82) is 0 Å². The Hall–Kier alpha value is -0.510. The van der Waals surface area contributed by atoms with Crippen LogP contribution in [0.15, 0.2) is 29.2 Å². The van der Waals surface area contributed by atoms with Gasteiger partial charge in [0.05, 0.1) is 6.61 Å². The molecule has 16 heavy (non-hydrogen) atoms. The van der Waals surface area contributed by atoms with Gasteiger partial charge in [0.1, 0.15) is 0 Å². The summed E-state index contributed by atoms with van der Waals surface area (Å²) >= 11 is 1.77. The van der Waals surface area contributed by atoms with Crippen LogP contribution in [0.4, 0.5) is 0 Å². The highest BCUT2D eigenvalue weighted by Crippen LogP contribution is 2.21. The van der Waals surface area contributed by atoms with Crippen molar-refractivity contribution >= 4 is 11.8 Å². The van der Waals surface area contributed by atoms with Gasteiger partial charge in [0.15, 0.2) is 0 Å². The third kappa shape index (κ3) is 2.78. The van der Waals surface area contributed by atoms with Gasteiger partial charge >= 0.3 is 0 Å². The summed E-state index contributed by atoms with van der Waals surface area (Å²) in [6.07, 6.45) is 4.45. The van der Waals surface area contributed by atoms with Gasteiger partial charge in [0.2, 0.25) is 0 Å². The molecule has 1 aliphatic heterocycles. The largest absolute Gasteiger partial charge is 0.395 e.